The topological polar surface area (TPSA) is 75.7 Å². The van der Waals surface area contributed by atoms with Gasteiger partial charge in [-0.3, -0.25) is 9.59 Å². The number of esters is 1. The molecule has 0 aliphatic carbocycles. The highest BCUT2D eigenvalue weighted by molar-refractivity contribution is 5.97. The highest BCUT2D eigenvalue weighted by Gasteiger charge is 2.23. The normalized spacial score (nSPS) is 12.0. The second kappa shape index (κ2) is 9.20. The highest BCUT2D eigenvalue weighted by Crippen LogP contribution is 2.07. The zero-order chi connectivity index (χ0) is 19.1. The van der Waals surface area contributed by atoms with E-state index in [2.05, 4.69) is 5.32 Å². The fourth-order valence-electron chi connectivity index (χ4n) is 2.63. The molecule has 0 radical (unpaired) electrons. The predicted molar refractivity (Wildman–Crippen MR) is 96.2 cm³/mol. The lowest BCUT2D eigenvalue weighted by molar-refractivity contribution is -0.154. The van der Waals surface area contributed by atoms with Crippen LogP contribution in [0.2, 0.25) is 0 Å². The molecule has 0 fully saturated rings. The van der Waals surface area contributed by atoms with Crippen LogP contribution in [0, 0.1) is 6.92 Å². The second-order valence-corrected chi connectivity index (χ2v) is 6.66. The van der Waals surface area contributed by atoms with E-state index < -0.39 is 12.0 Å². The molecule has 1 aromatic carbocycles. The molecule has 0 spiro atoms. The first-order chi connectivity index (χ1) is 11.6. The van der Waals surface area contributed by atoms with E-state index in [1.807, 2.05) is 40.7 Å². The Morgan fingerprint density at radius 2 is 1.68 bits per heavy atom. The summed E-state index contributed by atoms with van der Waals surface area (Å²) in [5, 5.41) is 2.58. The average Bonchev–Trinajstić information content (AvgIpc) is 2.51. The van der Waals surface area contributed by atoms with Gasteiger partial charge in [-0.15, -0.1) is 0 Å². The number of amides is 2. The van der Waals surface area contributed by atoms with Crippen molar-refractivity contribution in [2.45, 2.75) is 59.7 Å². The van der Waals surface area contributed by atoms with Gasteiger partial charge in [-0.2, -0.15) is 0 Å². The van der Waals surface area contributed by atoms with Crippen molar-refractivity contribution in [2.75, 3.05) is 6.61 Å². The van der Waals surface area contributed by atoms with Gasteiger partial charge in [0.05, 0.1) is 0 Å². The van der Waals surface area contributed by atoms with Gasteiger partial charge in [-0.25, -0.2) is 4.79 Å². The lowest BCUT2D eigenvalue weighted by atomic mass is 10.1. The van der Waals surface area contributed by atoms with E-state index in [0.29, 0.717) is 5.56 Å². The summed E-state index contributed by atoms with van der Waals surface area (Å²) in [6, 6.07) is 6.27. The van der Waals surface area contributed by atoms with Gasteiger partial charge in [0.1, 0.15) is 6.04 Å². The Morgan fingerprint density at radius 1 is 1.08 bits per heavy atom. The van der Waals surface area contributed by atoms with Gasteiger partial charge in [0.2, 0.25) is 0 Å². The summed E-state index contributed by atoms with van der Waals surface area (Å²) >= 11 is 0. The summed E-state index contributed by atoms with van der Waals surface area (Å²) < 4.78 is 5.06. The van der Waals surface area contributed by atoms with Crippen molar-refractivity contribution >= 4 is 17.8 Å². The number of ether oxygens (including phenoxy) is 1. The molecule has 0 heterocycles. The lowest BCUT2D eigenvalue weighted by Crippen LogP contribution is -2.45. The van der Waals surface area contributed by atoms with E-state index in [-0.39, 0.29) is 30.5 Å². The van der Waals surface area contributed by atoms with Gasteiger partial charge >= 0.3 is 5.97 Å². The van der Waals surface area contributed by atoms with E-state index in [1.54, 1.807) is 23.1 Å². The average molecular weight is 348 g/mol. The van der Waals surface area contributed by atoms with E-state index in [9.17, 15) is 14.4 Å². The third-order valence-electron chi connectivity index (χ3n) is 3.72. The molecule has 25 heavy (non-hydrogen) atoms. The fraction of sp³-hybridized carbons (Fsp3) is 0.526. The van der Waals surface area contributed by atoms with Crippen LogP contribution in [0.5, 0.6) is 0 Å². The number of nitrogens with zero attached hydrogens (tertiary/aromatic N) is 1. The third-order valence-corrected chi connectivity index (χ3v) is 3.72. The summed E-state index contributed by atoms with van der Waals surface area (Å²) in [5.74, 6) is -1.25. The van der Waals surface area contributed by atoms with Crippen molar-refractivity contribution in [1.82, 2.24) is 10.2 Å². The van der Waals surface area contributed by atoms with Crippen LogP contribution in [-0.4, -0.2) is 47.4 Å². The Balaban J connectivity index is 2.57. The van der Waals surface area contributed by atoms with E-state index in [0.717, 1.165) is 5.56 Å². The van der Waals surface area contributed by atoms with Gasteiger partial charge in [-0.1, -0.05) is 17.7 Å². The Morgan fingerprint density at radius 3 is 2.20 bits per heavy atom. The number of hydrogen-bond acceptors (Lipinski definition) is 4. The molecule has 138 valence electrons. The summed E-state index contributed by atoms with van der Waals surface area (Å²) in [5.41, 5.74) is 1.43. The SMILES string of the molecule is Cc1cccc(C(=O)N[C@@H](C)C(=O)OCC(=O)N(C(C)C)C(C)C)c1. The minimum Gasteiger partial charge on any atom is -0.454 e. The van der Waals surface area contributed by atoms with Gasteiger partial charge in [0.15, 0.2) is 6.61 Å². The first-order valence-electron chi connectivity index (χ1n) is 8.48. The summed E-state index contributed by atoms with van der Waals surface area (Å²) in [4.78, 5) is 38.0. The van der Waals surface area contributed by atoms with Gasteiger partial charge < -0.3 is 15.0 Å². The van der Waals surface area contributed by atoms with Crippen molar-refractivity contribution in [1.29, 1.82) is 0 Å². The highest BCUT2D eigenvalue weighted by atomic mass is 16.5. The van der Waals surface area contributed by atoms with Crippen molar-refractivity contribution in [3.05, 3.63) is 35.4 Å². The van der Waals surface area contributed by atoms with Crippen LogP contribution in [0.25, 0.3) is 0 Å². The molecule has 0 saturated carbocycles. The molecular formula is C19H28N2O4. The molecular weight excluding hydrogens is 320 g/mol. The number of carbonyl (C=O) groups excluding carboxylic acids is 3. The summed E-state index contributed by atoms with van der Waals surface area (Å²) in [7, 11) is 0. The van der Waals surface area contributed by atoms with Crippen molar-refractivity contribution < 1.29 is 19.1 Å². The van der Waals surface area contributed by atoms with Crippen LogP contribution in [0.3, 0.4) is 0 Å². The molecule has 6 heteroatoms. The van der Waals surface area contributed by atoms with Gasteiger partial charge in [0.25, 0.3) is 11.8 Å². The standard InChI is InChI=1S/C19H28N2O4/c1-12(2)21(13(3)4)17(22)11-25-19(24)15(6)20-18(23)16-9-7-8-14(5)10-16/h7-10,12-13,15H,11H2,1-6H3,(H,20,23)/t15-/m0/s1. The molecule has 0 aliphatic heterocycles. The quantitative estimate of drug-likeness (QED) is 0.767. The molecule has 0 saturated heterocycles. The van der Waals surface area contributed by atoms with Crippen LogP contribution in [0.15, 0.2) is 24.3 Å². The number of benzene rings is 1. The first-order valence-corrected chi connectivity index (χ1v) is 8.48. The molecule has 0 bridgehead atoms. The maximum absolute atomic E-state index is 12.2. The zero-order valence-electron chi connectivity index (χ0n) is 15.8. The van der Waals surface area contributed by atoms with Crippen LogP contribution >= 0.6 is 0 Å². The first kappa shape index (κ1) is 20.7. The molecule has 1 rings (SSSR count). The number of nitrogens with one attached hydrogen (secondary N) is 1. The van der Waals surface area contributed by atoms with Crippen LogP contribution in [0.4, 0.5) is 0 Å². The number of rotatable bonds is 7. The molecule has 0 aliphatic rings. The third kappa shape index (κ3) is 6.21. The smallest absolute Gasteiger partial charge is 0.328 e. The van der Waals surface area contributed by atoms with Gasteiger partial charge in [0, 0.05) is 17.6 Å². The summed E-state index contributed by atoms with van der Waals surface area (Å²) in [6.45, 7) is 10.7. The van der Waals surface area contributed by atoms with E-state index in [4.69, 9.17) is 4.74 Å². The molecule has 1 atom stereocenters. The maximum Gasteiger partial charge on any atom is 0.328 e. The molecule has 6 nitrogen and oxygen atoms in total. The van der Waals surface area contributed by atoms with Crippen molar-refractivity contribution in [3.8, 4) is 0 Å². The minimum absolute atomic E-state index is 0.0182. The maximum atomic E-state index is 12.2. The number of hydrogen-bond donors (Lipinski definition) is 1. The van der Waals surface area contributed by atoms with Gasteiger partial charge in [-0.05, 0) is 53.7 Å². The minimum atomic E-state index is -0.840. The van der Waals surface area contributed by atoms with Crippen LogP contribution in [-0.2, 0) is 14.3 Å². The Kier molecular flexibility index (Phi) is 7.61. The predicted octanol–water partition coefficient (Wildman–Crippen LogP) is 2.30. The molecule has 1 N–H and O–H groups in total. The summed E-state index contributed by atoms with van der Waals surface area (Å²) in [6.07, 6.45) is 0. The van der Waals surface area contributed by atoms with Crippen LogP contribution in [0.1, 0.15) is 50.5 Å². The monoisotopic (exact) mass is 348 g/mol. The number of carbonyl (C=O) groups is 3. The Hall–Kier alpha value is -2.37. The second-order valence-electron chi connectivity index (χ2n) is 6.66. The molecule has 2 amide bonds. The molecule has 1 aromatic rings. The largest absolute Gasteiger partial charge is 0.454 e. The lowest BCUT2D eigenvalue weighted by Gasteiger charge is -2.30. The van der Waals surface area contributed by atoms with E-state index in [1.165, 1.54) is 6.92 Å². The van der Waals surface area contributed by atoms with Crippen molar-refractivity contribution in [2.24, 2.45) is 0 Å². The Labute approximate surface area is 149 Å². The molecule has 0 aromatic heterocycles. The van der Waals surface area contributed by atoms with E-state index >= 15 is 0 Å². The number of aryl methyl sites for hydroxylation is 1. The molecule has 0 unspecified atom stereocenters. The van der Waals surface area contributed by atoms with Crippen LogP contribution < -0.4 is 5.32 Å². The Bertz CT molecular complexity index is 618. The van der Waals surface area contributed by atoms with Crippen molar-refractivity contribution in [3.63, 3.8) is 0 Å². The zero-order valence-corrected chi connectivity index (χ0v) is 15.8. The fourth-order valence-corrected chi connectivity index (χ4v) is 2.63.